The van der Waals surface area contributed by atoms with E-state index in [9.17, 15) is 13.6 Å². The van der Waals surface area contributed by atoms with Crippen LogP contribution in [0.4, 0.5) is 14.8 Å². The van der Waals surface area contributed by atoms with E-state index in [-0.39, 0.29) is 17.7 Å². The maximum atomic E-state index is 13.9. The van der Waals surface area contributed by atoms with Gasteiger partial charge in [-0.25, -0.2) is 13.8 Å². The highest BCUT2D eigenvalue weighted by molar-refractivity contribution is 5.98. The average molecular weight is 408 g/mol. The van der Waals surface area contributed by atoms with Gasteiger partial charge in [0.1, 0.15) is 22.9 Å². The molecule has 0 unspecified atom stereocenters. The summed E-state index contributed by atoms with van der Waals surface area (Å²) in [6.45, 7) is 1.94. The number of aromatic nitrogens is 1. The first-order valence-electron chi connectivity index (χ1n) is 9.64. The van der Waals surface area contributed by atoms with Gasteiger partial charge >= 0.3 is 6.01 Å². The Morgan fingerprint density at radius 1 is 1.17 bits per heavy atom. The maximum Gasteiger partial charge on any atom is 0.302 e. The number of para-hydroxylation sites is 2. The summed E-state index contributed by atoms with van der Waals surface area (Å²) in [5, 5.41) is 6.11. The number of carbonyl (C=O) groups excluding carboxylic acids is 1. The topological polar surface area (TPSA) is 79.5 Å². The van der Waals surface area contributed by atoms with Gasteiger partial charge in [0.15, 0.2) is 5.58 Å². The minimum absolute atomic E-state index is 0.0215. The van der Waals surface area contributed by atoms with Gasteiger partial charge in [0.25, 0.3) is 0 Å². The van der Waals surface area contributed by atoms with Crippen molar-refractivity contribution in [1.82, 2.24) is 10.3 Å². The van der Waals surface area contributed by atoms with Crippen LogP contribution in [0, 0.1) is 23.5 Å². The second kappa shape index (κ2) is 7.05. The van der Waals surface area contributed by atoms with Crippen LogP contribution in [-0.4, -0.2) is 16.7 Å². The van der Waals surface area contributed by atoms with E-state index in [0.29, 0.717) is 34.7 Å². The van der Waals surface area contributed by atoms with Gasteiger partial charge in [0.2, 0.25) is 5.96 Å². The van der Waals surface area contributed by atoms with Crippen molar-refractivity contribution in [3.8, 4) is 0 Å². The summed E-state index contributed by atoms with van der Waals surface area (Å²) in [6, 6.07) is 9.98. The number of hydrogen-bond acceptors (Lipinski definition) is 6. The van der Waals surface area contributed by atoms with Gasteiger partial charge < -0.3 is 9.73 Å². The molecule has 0 fully saturated rings. The second-order valence-corrected chi connectivity index (χ2v) is 7.61. The smallest absolute Gasteiger partial charge is 0.302 e. The first-order chi connectivity index (χ1) is 14.5. The lowest BCUT2D eigenvalue weighted by molar-refractivity contribution is -0.123. The molecule has 2 aliphatic rings. The number of carbonyl (C=O) groups is 1. The Labute approximate surface area is 170 Å². The zero-order chi connectivity index (χ0) is 20.8. The predicted octanol–water partition coefficient (Wildman–Crippen LogP) is 4.33. The van der Waals surface area contributed by atoms with E-state index in [1.54, 1.807) is 6.07 Å². The Bertz CT molecular complexity index is 1160. The number of nitrogens with zero attached hydrogens (tertiary/aromatic N) is 2. The molecule has 0 spiro atoms. The number of oxazole rings is 1. The molecule has 1 aromatic heterocycles. The lowest BCUT2D eigenvalue weighted by Crippen LogP contribution is -2.44. The Morgan fingerprint density at radius 2 is 1.93 bits per heavy atom. The highest BCUT2D eigenvalue weighted by Gasteiger charge is 2.40. The number of guanidine groups is 1. The molecule has 2 aromatic carbocycles. The van der Waals surface area contributed by atoms with Crippen molar-refractivity contribution in [3.63, 3.8) is 0 Å². The van der Waals surface area contributed by atoms with Crippen molar-refractivity contribution < 1.29 is 18.0 Å². The number of fused-ring (bicyclic) bond motifs is 2. The molecule has 2 heterocycles. The molecule has 152 valence electrons. The molecule has 0 bridgehead atoms. The van der Waals surface area contributed by atoms with Gasteiger partial charge in [0, 0.05) is 18.2 Å². The first-order valence-corrected chi connectivity index (χ1v) is 9.64. The first kappa shape index (κ1) is 18.5. The molecule has 0 saturated heterocycles. The van der Waals surface area contributed by atoms with Crippen LogP contribution in [0.3, 0.4) is 0 Å². The van der Waals surface area contributed by atoms with Gasteiger partial charge in [0.05, 0.1) is 12.0 Å². The zero-order valence-electron chi connectivity index (χ0n) is 16.0. The van der Waals surface area contributed by atoms with Gasteiger partial charge in [-0.2, -0.15) is 4.98 Å². The molecule has 30 heavy (non-hydrogen) atoms. The van der Waals surface area contributed by atoms with Crippen LogP contribution in [0.5, 0.6) is 0 Å². The number of hydrogen-bond donors (Lipinski definition) is 2. The maximum absolute atomic E-state index is 13.9. The molecule has 5 rings (SSSR count). The third-order valence-electron chi connectivity index (χ3n) is 5.26. The van der Waals surface area contributed by atoms with Crippen LogP contribution in [0.1, 0.15) is 24.9 Å². The molecule has 1 aliphatic heterocycles. The fourth-order valence-corrected chi connectivity index (χ4v) is 4.04. The van der Waals surface area contributed by atoms with Gasteiger partial charge in [-0.3, -0.25) is 10.1 Å². The number of rotatable bonds is 2. The van der Waals surface area contributed by atoms with Crippen molar-refractivity contribution in [2.45, 2.75) is 19.4 Å². The SMILES string of the molecule is C[C@H]1C=C2NC(Nc3nc4ccccc4o3)=N[C@H](c3cc(F)cc(F)c3)[C@H]2C(=O)C1. The third-order valence-corrected chi connectivity index (χ3v) is 5.26. The standard InChI is InChI=1S/C22H18F2N4O2/c1-11-6-16-19(17(29)7-11)20(12-8-13(23)10-14(24)9-12)27-21(25-16)28-22-26-15-4-2-3-5-18(15)30-22/h2-6,8-11,19-20H,7H2,1H3,(H2,25,26,27,28)/t11-,19+,20+/m0/s1. The van der Waals surface area contributed by atoms with Crippen molar-refractivity contribution in [1.29, 1.82) is 0 Å². The largest absolute Gasteiger partial charge is 0.423 e. The summed E-state index contributed by atoms with van der Waals surface area (Å²) in [7, 11) is 0. The minimum atomic E-state index is -0.769. The molecule has 2 N–H and O–H groups in total. The summed E-state index contributed by atoms with van der Waals surface area (Å²) in [5.74, 6) is -1.74. The van der Waals surface area contributed by atoms with E-state index in [0.717, 1.165) is 6.07 Å². The minimum Gasteiger partial charge on any atom is -0.423 e. The van der Waals surface area contributed by atoms with Crippen LogP contribution < -0.4 is 10.6 Å². The number of ketones is 1. The summed E-state index contributed by atoms with van der Waals surface area (Å²) < 4.78 is 33.4. The summed E-state index contributed by atoms with van der Waals surface area (Å²) in [4.78, 5) is 21.7. The number of nitrogens with one attached hydrogen (secondary N) is 2. The number of benzene rings is 2. The fourth-order valence-electron chi connectivity index (χ4n) is 4.04. The number of aliphatic imine (C=N–C) groups is 1. The molecular formula is C22H18F2N4O2. The number of allylic oxidation sites excluding steroid dienone is 1. The Kier molecular flexibility index (Phi) is 4.34. The van der Waals surface area contributed by atoms with Crippen molar-refractivity contribution in [2.24, 2.45) is 16.8 Å². The Balaban J connectivity index is 1.56. The molecule has 0 radical (unpaired) electrons. The molecule has 0 saturated carbocycles. The van der Waals surface area contributed by atoms with Gasteiger partial charge in [-0.1, -0.05) is 25.1 Å². The lowest BCUT2D eigenvalue weighted by atomic mass is 9.78. The van der Waals surface area contributed by atoms with E-state index >= 15 is 0 Å². The highest BCUT2D eigenvalue weighted by Crippen LogP contribution is 2.39. The van der Waals surface area contributed by atoms with E-state index in [4.69, 9.17) is 4.42 Å². The highest BCUT2D eigenvalue weighted by atomic mass is 19.1. The third kappa shape index (κ3) is 3.34. The summed E-state index contributed by atoms with van der Waals surface area (Å²) >= 11 is 0. The number of halogens is 2. The van der Waals surface area contributed by atoms with Gasteiger partial charge in [-0.05, 0) is 35.7 Å². The van der Waals surface area contributed by atoms with Gasteiger partial charge in [-0.15, -0.1) is 0 Å². The quantitative estimate of drug-likeness (QED) is 0.660. The van der Waals surface area contributed by atoms with Crippen LogP contribution in [0.15, 0.2) is 63.6 Å². The zero-order valence-corrected chi connectivity index (χ0v) is 16.0. The predicted molar refractivity (Wildman–Crippen MR) is 108 cm³/mol. The molecule has 3 aromatic rings. The van der Waals surface area contributed by atoms with Crippen molar-refractivity contribution in [2.75, 3.05) is 5.32 Å². The molecule has 1 aliphatic carbocycles. The molecule has 3 atom stereocenters. The molecule has 0 amide bonds. The van der Waals surface area contributed by atoms with E-state index in [2.05, 4.69) is 20.6 Å². The fraction of sp³-hybridized carbons (Fsp3) is 0.227. The number of Topliss-reactive ketones (excluding diaryl/α,β-unsaturated/α-hetero) is 1. The Morgan fingerprint density at radius 3 is 2.70 bits per heavy atom. The summed E-state index contributed by atoms with van der Waals surface area (Å²) in [5.41, 5.74) is 2.24. The lowest BCUT2D eigenvalue weighted by Gasteiger charge is -2.35. The number of anilines is 1. The van der Waals surface area contributed by atoms with Crippen LogP contribution in [-0.2, 0) is 4.79 Å². The normalized spacial score (nSPS) is 23.4. The van der Waals surface area contributed by atoms with Crippen molar-refractivity contribution in [3.05, 3.63) is 71.4 Å². The summed E-state index contributed by atoms with van der Waals surface area (Å²) in [6.07, 6.45) is 2.31. The van der Waals surface area contributed by atoms with Crippen LogP contribution >= 0.6 is 0 Å². The van der Waals surface area contributed by atoms with Crippen LogP contribution in [0.2, 0.25) is 0 Å². The van der Waals surface area contributed by atoms with Crippen LogP contribution in [0.25, 0.3) is 11.1 Å². The molecule has 8 heteroatoms. The van der Waals surface area contributed by atoms with E-state index in [1.807, 2.05) is 31.2 Å². The molecular weight excluding hydrogens is 390 g/mol. The van der Waals surface area contributed by atoms with E-state index in [1.165, 1.54) is 12.1 Å². The average Bonchev–Trinajstić information content (AvgIpc) is 3.08. The Hall–Kier alpha value is -3.55. The van der Waals surface area contributed by atoms with Crippen molar-refractivity contribution >= 4 is 28.9 Å². The second-order valence-electron chi connectivity index (χ2n) is 7.61. The molecule has 6 nitrogen and oxygen atoms in total. The monoisotopic (exact) mass is 408 g/mol. The van der Waals surface area contributed by atoms with E-state index < -0.39 is 23.6 Å².